The molecular weight excluding hydrogens is 452 g/mol. The van der Waals surface area contributed by atoms with Gasteiger partial charge < -0.3 is 0 Å². The van der Waals surface area contributed by atoms with E-state index in [0.717, 1.165) is 7.25 Å². The molecule has 0 saturated heterocycles. The third-order valence-electron chi connectivity index (χ3n) is 8.20. The van der Waals surface area contributed by atoms with Crippen LogP contribution in [-0.4, -0.2) is 0 Å². The molecule has 170 valence electrons. The average Bonchev–Trinajstić information content (AvgIpc) is 3.32. The van der Waals surface area contributed by atoms with Crippen LogP contribution in [0.3, 0.4) is 0 Å². The number of allylic oxidation sites excluding steroid dienone is 8. The fourth-order valence-electron chi connectivity index (χ4n) is 6.28. The van der Waals surface area contributed by atoms with Gasteiger partial charge in [0.25, 0.3) is 0 Å². The molecule has 0 saturated carbocycles. The second-order valence-electron chi connectivity index (χ2n) is 10.6. The van der Waals surface area contributed by atoms with E-state index in [1.807, 2.05) is 11.1 Å². The van der Waals surface area contributed by atoms with Crippen LogP contribution < -0.4 is 0 Å². The van der Waals surface area contributed by atoms with E-state index >= 15 is 0 Å². The minimum atomic E-state index is -0.525. The van der Waals surface area contributed by atoms with Crippen LogP contribution in [0, 0.1) is 0 Å². The molecular formula is C30H46Zr. The second-order valence-corrected chi connectivity index (χ2v) is 14.5. The van der Waals surface area contributed by atoms with E-state index in [2.05, 4.69) is 24.3 Å². The van der Waals surface area contributed by atoms with Gasteiger partial charge in [-0.05, 0) is 0 Å². The molecule has 1 heteroatoms. The number of rotatable bonds is 2. The van der Waals surface area contributed by atoms with E-state index < -0.39 is 23.2 Å². The zero-order valence-electron chi connectivity index (χ0n) is 20.1. The molecule has 0 N–H and O–H groups in total. The summed E-state index contributed by atoms with van der Waals surface area (Å²) >= 11 is -0.525. The summed E-state index contributed by atoms with van der Waals surface area (Å²) in [6, 6.07) is 0. The second kappa shape index (κ2) is 13.5. The maximum atomic E-state index is 2.68. The minimum absolute atomic E-state index is 0.525. The Morgan fingerprint density at radius 2 is 0.742 bits per heavy atom. The van der Waals surface area contributed by atoms with Gasteiger partial charge in [0.15, 0.2) is 0 Å². The van der Waals surface area contributed by atoms with Crippen LogP contribution in [-0.2, 0) is 23.2 Å². The fourth-order valence-corrected chi connectivity index (χ4v) is 10.9. The molecule has 0 nitrogen and oxygen atoms in total. The van der Waals surface area contributed by atoms with Crippen LogP contribution in [0.1, 0.15) is 128 Å². The standard InChI is InChI=1S/2C15H23.Zr/c2*1-2-4-6-8-11-15-13-9-12-14(15)10-7-5-3-1;/h2*9,12-13H,1-8,10-11H2;. The maximum absolute atomic E-state index is 2.68. The molecule has 0 aromatic heterocycles. The zero-order chi connectivity index (χ0) is 21.1. The Morgan fingerprint density at radius 1 is 0.419 bits per heavy atom. The molecule has 0 bridgehead atoms. The molecule has 0 fully saturated rings. The van der Waals surface area contributed by atoms with Gasteiger partial charge in [-0.25, -0.2) is 0 Å². The predicted octanol–water partition coefficient (Wildman–Crippen LogP) is 10.2. The summed E-state index contributed by atoms with van der Waals surface area (Å²) in [4.78, 5) is 0. The molecule has 4 rings (SSSR count). The first-order valence-electron chi connectivity index (χ1n) is 14.0. The van der Waals surface area contributed by atoms with Crippen LogP contribution in [0.4, 0.5) is 0 Å². The van der Waals surface area contributed by atoms with E-state index in [1.54, 1.807) is 11.1 Å². The molecule has 0 spiro atoms. The van der Waals surface area contributed by atoms with Crippen molar-refractivity contribution >= 4 is 0 Å². The monoisotopic (exact) mass is 496 g/mol. The molecule has 0 aliphatic heterocycles. The summed E-state index contributed by atoms with van der Waals surface area (Å²) in [5.41, 5.74) is 7.40. The predicted molar refractivity (Wildman–Crippen MR) is 132 cm³/mol. The van der Waals surface area contributed by atoms with Crippen LogP contribution >= 0.6 is 0 Å². The van der Waals surface area contributed by atoms with E-state index in [-0.39, 0.29) is 0 Å². The molecule has 0 radical (unpaired) electrons. The van der Waals surface area contributed by atoms with E-state index in [9.17, 15) is 0 Å². The van der Waals surface area contributed by atoms with Gasteiger partial charge in [0, 0.05) is 0 Å². The Labute approximate surface area is 204 Å². The van der Waals surface area contributed by atoms with Crippen molar-refractivity contribution in [1.29, 1.82) is 0 Å². The summed E-state index contributed by atoms with van der Waals surface area (Å²) in [6.07, 6.45) is 39.5. The third-order valence-corrected chi connectivity index (χ3v) is 12.6. The Kier molecular flexibility index (Phi) is 10.5. The van der Waals surface area contributed by atoms with Gasteiger partial charge in [0.2, 0.25) is 0 Å². The van der Waals surface area contributed by atoms with Crippen molar-refractivity contribution in [3.8, 4) is 0 Å². The van der Waals surface area contributed by atoms with E-state index in [1.165, 1.54) is 128 Å². The van der Waals surface area contributed by atoms with Crippen molar-refractivity contribution in [3.63, 3.8) is 0 Å². The first-order chi connectivity index (χ1) is 15.4. The van der Waals surface area contributed by atoms with E-state index in [4.69, 9.17) is 0 Å². The molecule has 0 amide bonds. The van der Waals surface area contributed by atoms with Gasteiger partial charge in [-0.3, -0.25) is 0 Å². The van der Waals surface area contributed by atoms with Crippen LogP contribution in [0.2, 0.25) is 7.25 Å². The van der Waals surface area contributed by atoms with Crippen molar-refractivity contribution in [2.24, 2.45) is 0 Å². The summed E-state index contributed by atoms with van der Waals surface area (Å²) in [5, 5.41) is 0. The molecule has 31 heavy (non-hydrogen) atoms. The molecule has 2 unspecified atom stereocenters. The van der Waals surface area contributed by atoms with Gasteiger partial charge in [-0.2, -0.15) is 0 Å². The summed E-state index contributed by atoms with van der Waals surface area (Å²) in [5.74, 6) is 0. The van der Waals surface area contributed by atoms with Gasteiger partial charge in [-0.15, -0.1) is 0 Å². The van der Waals surface area contributed by atoms with Crippen molar-refractivity contribution in [2.45, 2.75) is 136 Å². The topological polar surface area (TPSA) is 0 Å². The van der Waals surface area contributed by atoms with Crippen LogP contribution in [0.5, 0.6) is 0 Å². The number of hydrogen-bond acceptors (Lipinski definition) is 0. The van der Waals surface area contributed by atoms with Crippen molar-refractivity contribution in [2.75, 3.05) is 0 Å². The first kappa shape index (κ1) is 24.0. The van der Waals surface area contributed by atoms with Crippen molar-refractivity contribution in [3.05, 3.63) is 46.6 Å². The third kappa shape index (κ3) is 7.42. The molecule has 4 aliphatic rings. The van der Waals surface area contributed by atoms with Crippen molar-refractivity contribution in [1.82, 2.24) is 0 Å². The molecule has 0 heterocycles. The summed E-state index contributed by atoms with van der Waals surface area (Å²) in [7, 11) is 0. The zero-order valence-corrected chi connectivity index (χ0v) is 22.6. The van der Waals surface area contributed by atoms with Gasteiger partial charge in [0.1, 0.15) is 0 Å². The normalized spacial score (nSPS) is 29.4. The fraction of sp³-hybridized carbons (Fsp3) is 0.733. The quantitative estimate of drug-likeness (QED) is 0.356. The average molecular weight is 498 g/mol. The van der Waals surface area contributed by atoms with Crippen LogP contribution in [0.25, 0.3) is 0 Å². The van der Waals surface area contributed by atoms with E-state index in [0.29, 0.717) is 0 Å². The molecule has 0 aromatic carbocycles. The van der Waals surface area contributed by atoms with Gasteiger partial charge >= 0.3 is 205 Å². The summed E-state index contributed by atoms with van der Waals surface area (Å²) in [6.45, 7) is 0. The molecule has 2 atom stereocenters. The van der Waals surface area contributed by atoms with Gasteiger partial charge in [0.05, 0.1) is 0 Å². The molecule has 0 aromatic rings. The van der Waals surface area contributed by atoms with Gasteiger partial charge in [-0.1, -0.05) is 0 Å². The summed E-state index contributed by atoms with van der Waals surface area (Å²) < 4.78 is 1.79. The van der Waals surface area contributed by atoms with Crippen LogP contribution in [0.15, 0.2) is 46.6 Å². The Hall–Kier alpha value is -0.157. The Morgan fingerprint density at radius 3 is 1.13 bits per heavy atom. The Balaban J connectivity index is 1.41. The Bertz CT molecular complexity index is 619. The SMILES string of the molecule is C1=C[CH]([Zr][CH]2C=CC3=C2CCCCCCCCCC3)C2=C1CCCCCCCCCC2. The number of hydrogen-bond donors (Lipinski definition) is 0. The van der Waals surface area contributed by atoms with Crippen molar-refractivity contribution < 1.29 is 23.2 Å². The molecule has 4 aliphatic carbocycles. The first-order valence-corrected chi connectivity index (χ1v) is 16.8.